The number of nitrogens with zero attached hydrogens (tertiary/aromatic N) is 1. The zero-order valence-corrected chi connectivity index (χ0v) is 19.3. The van der Waals surface area contributed by atoms with Gasteiger partial charge in [0.25, 0.3) is 0 Å². The van der Waals surface area contributed by atoms with E-state index in [-0.39, 0.29) is 17.9 Å². The van der Waals surface area contributed by atoms with E-state index in [4.69, 9.17) is 4.74 Å². The minimum absolute atomic E-state index is 0.0222. The quantitative estimate of drug-likeness (QED) is 0.494. The van der Waals surface area contributed by atoms with E-state index in [0.717, 1.165) is 23.3 Å². The number of aryl methyl sites for hydroxylation is 1. The van der Waals surface area contributed by atoms with Gasteiger partial charge in [-0.3, -0.25) is 9.59 Å². The number of carbonyl (C=O) groups excluding carboxylic acids is 2. The van der Waals surface area contributed by atoms with Gasteiger partial charge in [0, 0.05) is 19.0 Å². The van der Waals surface area contributed by atoms with Gasteiger partial charge in [-0.1, -0.05) is 56.3 Å². The first kappa shape index (κ1) is 24.4. The fourth-order valence-electron chi connectivity index (χ4n) is 3.41. The molecule has 5 heteroatoms. The summed E-state index contributed by atoms with van der Waals surface area (Å²) in [4.78, 5) is 27.9. The molecule has 2 aromatic rings. The van der Waals surface area contributed by atoms with E-state index in [0.29, 0.717) is 32.4 Å². The summed E-state index contributed by atoms with van der Waals surface area (Å²) < 4.78 is 5.72. The molecule has 2 rings (SSSR count). The molecule has 5 nitrogen and oxygen atoms in total. The Kier molecular flexibility index (Phi) is 10.1. The number of hydrogen-bond donors (Lipinski definition) is 1. The van der Waals surface area contributed by atoms with Crippen molar-refractivity contribution in [1.29, 1.82) is 0 Å². The van der Waals surface area contributed by atoms with Crippen molar-refractivity contribution in [2.75, 3.05) is 6.61 Å². The standard InChI is InChI=1S/C26H36N2O3/c1-5-21(4)27-26(30)24(6-2)28(19-22-14-11-10-13-20(22)3)25(29)17-12-18-31-23-15-8-7-9-16-23/h7-11,13-16,21,24H,5-6,12,17-19H2,1-4H3,(H,27,30)/t21-,24+/m0/s1. The van der Waals surface area contributed by atoms with Crippen molar-refractivity contribution in [1.82, 2.24) is 10.2 Å². The van der Waals surface area contributed by atoms with Gasteiger partial charge in [0.05, 0.1) is 6.61 Å². The van der Waals surface area contributed by atoms with Crippen LogP contribution in [-0.4, -0.2) is 35.4 Å². The van der Waals surface area contributed by atoms with Crippen LogP contribution in [0.3, 0.4) is 0 Å². The Morgan fingerprint density at radius 3 is 2.32 bits per heavy atom. The fraction of sp³-hybridized carbons (Fsp3) is 0.462. The summed E-state index contributed by atoms with van der Waals surface area (Å²) in [7, 11) is 0. The minimum Gasteiger partial charge on any atom is -0.494 e. The highest BCUT2D eigenvalue weighted by molar-refractivity contribution is 5.87. The summed E-state index contributed by atoms with van der Waals surface area (Å²) in [6.07, 6.45) is 2.36. The molecule has 0 aliphatic heterocycles. The van der Waals surface area contributed by atoms with Crippen LogP contribution in [0.15, 0.2) is 54.6 Å². The molecule has 0 aliphatic rings. The number of para-hydroxylation sites is 1. The van der Waals surface area contributed by atoms with E-state index in [1.54, 1.807) is 4.90 Å². The molecular weight excluding hydrogens is 388 g/mol. The second-order valence-corrected chi connectivity index (χ2v) is 7.96. The summed E-state index contributed by atoms with van der Waals surface area (Å²) in [6, 6.07) is 17.2. The first-order valence-electron chi connectivity index (χ1n) is 11.3. The van der Waals surface area contributed by atoms with Gasteiger partial charge in [0.1, 0.15) is 11.8 Å². The van der Waals surface area contributed by atoms with Gasteiger partial charge in [0.15, 0.2) is 0 Å². The third-order valence-corrected chi connectivity index (χ3v) is 5.54. The molecule has 2 atom stereocenters. The second kappa shape index (κ2) is 12.8. The van der Waals surface area contributed by atoms with Crippen LogP contribution in [0, 0.1) is 6.92 Å². The molecule has 2 amide bonds. The van der Waals surface area contributed by atoms with Crippen LogP contribution in [0.5, 0.6) is 5.75 Å². The van der Waals surface area contributed by atoms with Crippen LogP contribution in [0.1, 0.15) is 57.6 Å². The Labute approximate surface area is 186 Å². The van der Waals surface area contributed by atoms with Gasteiger partial charge in [-0.15, -0.1) is 0 Å². The van der Waals surface area contributed by atoms with Crippen LogP contribution in [0.4, 0.5) is 0 Å². The largest absolute Gasteiger partial charge is 0.494 e. The molecule has 0 aliphatic carbocycles. The van der Waals surface area contributed by atoms with Crippen molar-refractivity contribution in [3.8, 4) is 5.75 Å². The smallest absolute Gasteiger partial charge is 0.243 e. The maximum absolute atomic E-state index is 13.2. The molecule has 1 N–H and O–H groups in total. The molecule has 0 fully saturated rings. The SMILES string of the molecule is CC[C@H](C(=O)N[C@@H](C)CC)N(Cc1ccccc1C)C(=O)CCCOc1ccccc1. The Morgan fingerprint density at radius 1 is 1.00 bits per heavy atom. The number of ether oxygens (including phenoxy) is 1. The van der Waals surface area contributed by atoms with Crippen LogP contribution < -0.4 is 10.1 Å². The maximum atomic E-state index is 13.2. The van der Waals surface area contributed by atoms with Gasteiger partial charge in [0.2, 0.25) is 11.8 Å². The monoisotopic (exact) mass is 424 g/mol. The molecule has 0 heterocycles. The van der Waals surface area contributed by atoms with E-state index >= 15 is 0 Å². The zero-order valence-electron chi connectivity index (χ0n) is 19.3. The third kappa shape index (κ3) is 7.74. The number of nitrogens with one attached hydrogen (secondary N) is 1. The Hall–Kier alpha value is -2.82. The maximum Gasteiger partial charge on any atom is 0.243 e. The number of amides is 2. The summed E-state index contributed by atoms with van der Waals surface area (Å²) >= 11 is 0. The average Bonchev–Trinajstić information content (AvgIpc) is 2.78. The summed E-state index contributed by atoms with van der Waals surface area (Å²) in [5, 5.41) is 3.05. The topological polar surface area (TPSA) is 58.6 Å². The second-order valence-electron chi connectivity index (χ2n) is 7.96. The van der Waals surface area contributed by atoms with E-state index in [9.17, 15) is 9.59 Å². The first-order chi connectivity index (χ1) is 15.0. The van der Waals surface area contributed by atoms with Gasteiger partial charge in [-0.05, 0) is 56.4 Å². The molecule has 0 unspecified atom stereocenters. The normalized spacial score (nSPS) is 12.6. The summed E-state index contributed by atoms with van der Waals surface area (Å²) in [5.41, 5.74) is 2.18. The van der Waals surface area contributed by atoms with Crippen LogP contribution in [0.25, 0.3) is 0 Å². The van der Waals surface area contributed by atoms with Gasteiger partial charge in [-0.2, -0.15) is 0 Å². The summed E-state index contributed by atoms with van der Waals surface area (Å²) in [5.74, 6) is 0.691. The Morgan fingerprint density at radius 2 is 1.68 bits per heavy atom. The molecule has 0 aromatic heterocycles. The van der Waals surface area contributed by atoms with Crippen LogP contribution in [0.2, 0.25) is 0 Å². The molecule has 2 aromatic carbocycles. The lowest BCUT2D eigenvalue weighted by Gasteiger charge is -2.32. The highest BCUT2D eigenvalue weighted by atomic mass is 16.5. The van der Waals surface area contributed by atoms with Gasteiger partial charge >= 0.3 is 0 Å². The molecule has 0 saturated heterocycles. The lowest BCUT2D eigenvalue weighted by atomic mass is 10.0. The van der Waals surface area contributed by atoms with Gasteiger partial charge in [-0.25, -0.2) is 0 Å². The molecule has 0 spiro atoms. The van der Waals surface area contributed by atoms with Crippen LogP contribution >= 0.6 is 0 Å². The highest BCUT2D eigenvalue weighted by Crippen LogP contribution is 2.17. The first-order valence-corrected chi connectivity index (χ1v) is 11.3. The predicted molar refractivity (Wildman–Crippen MR) is 125 cm³/mol. The average molecular weight is 425 g/mol. The third-order valence-electron chi connectivity index (χ3n) is 5.54. The lowest BCUT2D eigenvalue weighted by molar-refractivity contribution is -0.141. The Balaban J connectivity index is 2.08. The van der Waals surface area contributed by atoms with E-state index in [1.807, 2.05) is 82.3 Å². The van der Waals surface area contributed by atoms with E-state index in [1.165, 1.54) is 0 Å². The summed E-state index contributed by atoms with van der Waals surface area (Å²) in [6.45, 7) is 8.90. The van der Waals surface area contributed by atoms with Crippen LogP contribution in [-0.2, 0) is 16.1 Å². The fourth-order valence-corrected chi connectivity index (χ4v) is 3.41. The number of benzene rings is 2. The van der Waals surface area contributed by atoms with Crippen molar-refractivity contribution in [2.24, 2.45) is 0 Å². The van der Waals surface area contributed by atoms with Crippen molar-refractivity contribution >= 4 is 11.8 Å². The lowest BCUT2D eigenvalue weighted by Crippen LogP contribution is -2.50. The van der Waals surface area contributed by atoms with Crippen molar-refractivity contribution in [3.63, 3.8) is 0 Å². The van der Waals surface area contributed by atoms with Crippen molar-refractivity contribution in [3.05, 3.63) is 65.7 Å². The van der Waals surface area contributed by atoms with E-state index < -0.39 is 6.04 Å². The predicted octanol–water partition coefficient (Wildman–Crippen LogP) is 4.88. The van der Waals surface area contributed by atoms with Crippen molar-refractivity contribution in [2.45, 2.75) is 72.0 Å². The van der Waals surface area contributed by atoms with Gasteiger partial charge < -0.3 is 15.0 Å². The molecule has 0 radical (unpaired) electrons. The molecule has 0 saturated carbocycles. The molecule has 0 bridgehead atoms. The molecule has 31 heavy (non-hydrogen) atoms. The number of hydrogen-bond acceptors (Lipinski definition) is 3. The molecular formula is C26H36N2O3. The van der Waals surface area contributed by atoms with Crippen molar-refractivity contribution < 1.29 is 14.3 Å². The Bertz CT molecular complexity index is 822. The van der Waals surface area contributed by atoms with E-state index in [2.05, 4.69) is 5.32 Å². The molecule has 168 valence electrons. The zero-order chi connectivity index (χ0) is 22.6. The number of rotatable bonds is 12. The highest BCUT2D eigenvalue weighted by Gasteiger charge is 2.29. The minimum atomic E-state index is -0.490. The number of carbonyl (C=O) groups is 2.